The average Bonchev–Trinajstić information content (AvgIpc) is 3.75. The number of carbonyl (C=O) groups is 2. The third kappa shape index (κ3) is 6.37. The maximum absolute atomic E-state index is 14.8. The zero-order valence-corrected chi connectivity index (χ0v) is 27.8. The smallest absolute Gasteiger partial charge is 0.262 e. The molecule has 3 saturated heterocycles. The Labute approximate surface area is 285 Å². The Kier molecular flexibility index (Phi) is 8.60. The number of rotatable bonds is 10. The third-order valence-electron chi connectivity index (χ3n) is 9.82. The Bertz CT molecular complexity index is 1990. The summed E-state index contributed by atoms with van der Waals surface area (Å²) in [5.41, 5.74) is 1.56. The van der Waals surface area contributed by atoms with Gasteiger partial charge in [0.05, 0.1) is 18.0 Å². The van der Waals surface area contributed by atoms with Crippen molar-refractivity contribution in [2.24, 2.45) is 13.0 Å². The first-order valence-corrected chi connectivity index (χ1v) is 17.7. The van der Waals surface area contributed by atoms with Crippen LogP contribution in [0.3, 0.4) is 0 Å². The van der Waals surface area contributed by atoms with Crippen molar-refractivity contribution in [3.63, 3.8) is 0 Å². The van der Waals surface area contributed by atoms with Crippen LogP contribution in [0.15, 0.2) is 103 Å². The minimum atomic E-state index is -3.77. The summed E-state index contributed by atoms with van der Waals surface area (Å²) in [6, 6.07) is 15.6. The first kappa shape index (κ1) is 32.4. The van der Waals surface area contributed by atoms with E-state index in [-0.39, 0.29) is 34.7 Å². The summed E-state index contributed by atoms with van der Waals surface area (Å²) in [6.07, 6.45) is 14.6. The molecule has 6 heterocycles. The first-order valence-electron chi connectivity index (χ1n) is 16.3. The number of carbonyl (C=O) groups excluding carboxylic acids is 2. The molecule has 12 nitrogen and oxygen atoms in total. The van der Waals surface area contributed by atoms with Gasteiger partial charge in [-0.2, -0.15) is 9.57 Å². The molecule has 3 aromatic heterocycles. The van der Waals surface area contributed by atoms with E-state index in [1.54, 1.807) is 69.9 Å². The van der Waals surface area contributed by atoms with Crippen LogP contribution in [0.1, 0.15) is 52.7 Å². The predicted molar refractivity (Wildman–Crippen MR) is 179 cm³/mol. The molecule has 3 aliphatic heterocycles. The number of hydrogen-bond acceptors (Lipinski definition) is 9. The number of nitrogens with zero attached hydrogens (tertiary/aromatic N) is 7. The van der Waals surface area contributed by atoms with Crippen molar-refractivity contribution in [2.45, 2.75) is 61.2 Å². The lowest BCUT2D eigenvalue weighted by molar-refractivity contribution is -0.132. The van der Waals surface area contributed by atoms with Gasteiger partial charge in [0.1, 0.15) is 11.4 Å². The van der Waals surface area contributed by atoms with Crippen LogP contribution in [-0.2, 0) is 34.7 Å². The fraction of sp³-hybridized carbons (Fsp3) is 0.333. The molecule has 2 bridgehead atoms. The summed E-state index contributed by atoms with van der Waals surface area (Å²) in [5.74, 6) is -0.0523. The van der Waals surface area contributed by atoms with E-state index in [2.05, 4.69) is 26.3 Å². The molecule has 250 valence electrons. The number of imidazole rings is 1. The molecule has 0 spiro atoms. The number of fused-ring (bicyclic) bond motifs is 2. The van der Waals surface area contributed by atoms with Crippen LogP contribution in [0.2, 0.25) is 0 Å². The Morgan fingerprint density at radius 3 is 2.10 bits per heavy atom. The lowest BCUT2D eigenvalue weighted by Crippen LogP contribution is -2.51. The largest absolute Gasteiger partial charge is 0.357 e. The summed E-state index contributed by atoms with van der Waals surface area (Å²) in [5, 5.41) is 12.8. The topological polar surface area (TPSA) is 154 Å². The van der Waals surface area contributed by atoms with Crippen LogP contribution in [0.5, 0.6) is 0 Å². The Balaban J connectivity index is 1.22. The molecule has 49 heavy (non-hydrogen) atoms. The van der Waals surface area contributed by atoms with E-state index in [1.807, 2.05) is 24.3 Å². The van der Waals surface area contributed by atoms with Gasteiger partial charge in [-0.15, -0.1) is 0 Å². The van der Waals surface area contributed by atoms with E-state index < -0.39 is 15.6 Å². The summed E-state index contributed by atoms with van der Waals surface area (Å²) in [4.78, 5) is 42.6. The number of pyridine rings is 2. The molecule has 2 unspecified atom stereocenters. The fourth-order valence-electron chi connectivity index (χ4n) is 7.62. The Morgan fingerprint density at radius 1 is 0.980 bits per heavy atom. The molecule has 1 amide bonds. The molecular formula is C36H36N8O4S. The SMILES string of the molecule is Cn1cnc(S(=O)(=O)N2C3CCC2CC(CN2C(=O)C(Cc4ccncc4)(Cc4ccncc4)N/C2=C\C(=O)c2ccc(C#N)cc2)C3)c1. The van der Waals surface area contributed by atoms with E-state index in [0.717, 1.165) is 24.0 Å². The highest BCUT2D eigenvalue weighted by atomic mass is 32.2. The van der Waals surface area contributed by atoms with E-state index in [9.17, 15) is 23.3 Å². The second-order valence-corrected chi connectivity index (χ2v) is 15.0. The van der Waals surface area contributed by atoms with Gasteiger partial charge in [0.15, 0.2) is 10.8 Å². The number of ketones is 1. The Hall–Kier alpha value is -5.19. The van der Waals surface area contributed by atoms with Gasteiger partial charge in [-0.3, -0.25) is 24.5 Å². The summed E-state index contributed by atoms with van der Waals surface area (Å²) in [6.45, 7) is 0.331. The molecule has 2 atom stereocenters. The molecule has 7 rings (SSSR count). The first-order chi connectivity index (χ1) is 23.6. The van der Waals surface area contributed by atoms with Crippen LogP contribution in [0.4, 0.5) is 0 Å². The van der Waals surface area contributed by atoms with Crippen LogP contribution < -0.4 is 5.32 Å². The zero-order valence-electron chi connectivity index (χ0n) is 27.0. The Morgan fingerprint density at radius 2 is 1.57 bits per heavy atom. The van der Waals surface area contributed by atoms with E-state index >= 15 is 0 Å². The molecule has 0 radical (unpaired) electrons. The van der Waals surface area contributed by atoms with Gasteiger partial charge in [-0.1, -0.05) is 0 Å². The number of nitrogens with one attached hydrogen (secondary N) is 1. The average molecular weight is 677 g/mol. The maximum Gasteiger partial charge on any atom is 0.262 e. The quantitative estimate of drug-likeness (QED) is 0.197. The van der Waals surface area contributed by atoms with Gasteiger partial charge < -0.3 is 9.88 Å². The molecule has 1 aromatic carbocycles. The number of hydrogen-bond donors (Lipinski definition) is 1. The number of nitriles is 1. The van der Waals surface area contributed by atoms with Crippen molar-refractivity contribution in [3.8, 4) is 6.07 Å². The second-order valence-electron chi connectivity index (χ2n) is 13.2. The van der Waals surface area contributed by atoms with Crippen molar-refractivity contribution in [1.82, 2.24) is 34.0 Å². The van der Waals surface area contributed by atoms with Crippen LogP contribution in [0, 0.1) is 17.2 Å². The minimum Gasteiger partial charge on any atom is -0.357 e. The second kappa shape index (κ2) is 13.0. The lowest BCUT2D eigenvalue weighted by Gasteiger charge is -2.38. The summed E-state index contributed by atoms with van der Waals surface area (Å²) in [7, 11) is -2.02. The minimum absolute atomic E-state index is 0.00416. The van der Waals surface area contributed by atoms with Gasteiger partial charge in [-0.25, -0.2) is 13.4 Å². The van der Waals surface area contributed by atoms with Gasteiger partial charge in [0, 0.05) is 81.1 Å². The van der Waals surface area contributed by atoms with Gasteiger partial charge in [0.2, 0.25) is 0 Å². The van der Waals surface area contributed by atoms with Crippen molar-refractivity contribution in [3.05, 3.63) is 120 Å². The predicted octanol–water partition coefficient (Wildman–Crippen LogP) is 3.39. The highest BCUT2D eigenvalue weighted by molar-refractivity contribution is 7.89. The highest BCUT2D eigenvalue weighted by Gasteiger charge is 2.52. The van der Waals surface area contributed by atoms with Crippen LogP contribution in [0.25, 0.3) is 0 Å². The molecule has 1 N–H and O–H groups in total. The fourth-order valence-corrected chi connectivity index (χ4v) is 9.49. The van der Waals surface area contributed by atoms with Gasteiger partial charge >= 0.3 is 0 Å². The van der Waals surface area contributed by atoms with Crippen molar-refractivity contribution < 1.29 is 18.0 Å². The number of sulfonamides is 1. The zero-order chi connectivity index (χ0) is 34.2. The lowest BCUT2D eigenvalue weighted by atomic mass is 9.84. The van der Waals surface area contributed by atoms with E-state index in [4.69, 9.17) is 0 Å². The van der Waals surface area contributed by atoms with E-state index in [0.29, 0.717) is 49.2 Å². The summed E-state index contributed by atoms with van der Waals surface area (Å²) < 4.78 is 30.6. The number of piperidine rings is 1. The number of aromatic nitrogens is 4. The molecule has 0 saturated carbocycles. The number of amides is 1. The molecule has 13 heteroatoms. The molecule has 0 aliphatic carbocycles. The van der Waals surface area contributed by atoms with Crippen molar-refractivity contribution in [2.75, 3.05) is 6.54 Å². The molecule has 3 fully saturated rings. The normalized spacial score (nSPS) is 22.6. The monoisotopic (exact) mass is 676 g/mol. The standard InChI is InChI=1S/C36H36N8O4S/c1-42-23-34(40-24-42)49(47,48)44-30-6-7-31(44)17-28(16-30)22-43-33(18-32(45)29-4-2-27(21-37)3-5-29)41-36(35(43)46,19-25-8-12-38-13-9-25)20-26-10-14-39-15-11-26/h2-5,8-15,18,23-24,28,30-31,41H,6-7,16-17,19-20,22H2,1H3/b33-18+. The summed E-state index contributed by atoms with van der Waals surface area (Å²) >= 11 is 0. The molecule has 3 aliphatic rings. The number of aryl methyl sites for hydroxylation is 1. The number of benzene rings is 1. The molecular weight excluding hydrogens is 641 g/mol. The van der Waals surface area contributed by atoms with E-state index in [1.165, 1.54) is 18.6 Å². The number of allylic oxidation sites excluding steroid dienone is 1. The van der Waals surface area contributed by atoms with Crippen LogP contribution in [-0.4, -0.2) is 73.0 Å². The molecule has 4 aromatic rings. The van der Waals surface area contributed by atoms with Crippen molar-refractivity contribution in [1.29, 1.82) is 5.26 Å². The van der Waals surface area contributed by atoms with Crippen LogP contribution >= 0.6 is 0 Å². The highest BCUT2D eigenvalue weighted by Crippen LogP contribution is 2.43. The third-order valence-corrected chi connectivity index (χ3v) is 11.7. The van der Waals surface area contributed by atoms with Crippen molar-refractivity contribution >= 4 is 21.7 Å². The van der Waals surface area contributed by atoms with Gasteiger partial charge in [-0.05, 0) is 91.3 Å². The van der Waals surface area contributed by atoms with Gasteiger partial charge in [0.25, 0.3) is 15.9 Å². The maximum atomic E-state index is 14.8.